The van der Waals surface area contributed by atoms with Crippen molar-refractivity contribution in [3.8, 4) is 23.0 Å². The summed E-state index contributed by atoms with van der Waals surface area (Å²) in [5.74, 6) is 0.967. The Kier molecular flexibility index (Phi) is 3.99. The molecule has 126 valence electrons. The molecule has 7 nitrogen and oxygen atoms in total. The first-order valence-electron chi connectivity index (χ1n) is 7.48. The molecule has 1 N–H and O–H groups in total. The average Bonchev–Trinajstić information content (AvgIpc) is 3.10. The first kappa shape index (κ1) is 15.5. The number of nitrogens with zero attached hydrogens (tertiary/aromatic N) is 2. The van der Waals surface area contributed by atoms with E-state index in [0.29, 0.717) is 22.1 Å². The van der Waals surface area contributed by atoms with Crippen LogP contribution < -0.4 is 14.8 Å². The predicted molar refractivity (Wildman–Crippen MR) is 89.7 cm³/mol. The van der Waals surface area contributed by atoms with Crippen molar-refractivity contribution in [2.45, 2.75) is 6.10 Å². The van der Waals surface area contributed by atoms with Crippen LogP contribution in [0.15, 0.2) is 52.9 Å². The van der Waals surface area contributed by atoms with Crippen LogP contribution in [-0.4, -0.2) is 28.8 Å². The number of hydrogen-bond acceptors (Lipinski definition) is 6. The second-order valence-electron chi connectivity index (χ2n) is 5.27. The lowest BCUT2D eigenvalue weighted by Crippen LogP contribution is -2.40. The number of para-hydroxylation sites is 2. The molecule has 1 unspecified atom stereocenters. The van der Waals surface area contributed by atoms with Crippen LogP contribution in [0.5, 0.6) is 11.5 Å². The average molecular weight is 358 g/mol. The molecule has 4 rings (SSSR count). The molecule has 1 aliphatic heterocycles. The van der Waals surface area contributed by atoms with Crippen molar-refractivity contribution < 1.29 is 18.7 Å². The van der Waals surface area contributed by atoms with Gasteiger partial charge in [-0.25, -0.2) is 0 Å². The number of hydrogen-bond donors (Lipinski definition) is 1. The largest absolute Gasteiger partial charge is 0.485 e. The number of nitrogens with one attached hydrogen (secondary N) is 1. The van der Waals surface area contributed by atoms with Gasteiger partial charge in [-0.05, 0) is 36.4 Å². The minimum atomic E-state index is -0.805. The van der Waals surface area contributed by atoms with E-state index in [0.717, 1.165) is 0 Å². The molecule has 0 spiro atoms. The summed E-state index contributed by atoms with van der Waals surface area (Å²) in [5.41, 5.74) is 0.698. The zero-order chi connectivity index (χ0) is 17.2. The lowest BCUT2D eigenvalue weighted by Gasteiger charge is -2.24. The Morgan fingerprint density at radius 3 is 2.64 bits per heavy atom. The van der Waals surface area contributed by atoms with Gasteiger partial charge in [0.05, 0.1) is 0 Å². The summed E-state index contributed by atoms with van der Waals surface area (Å²) >= 11 is 5.85. The maximum absolute atomic E-state index is 12.3. The molecule has 8 heteroatoms. The molecule has 0 saturated heterocycles. The molecule has 0 aliphatic carbocycles. The Balaban J connectivity index is 1.44. The van der Waals surface area contributed by atoms with E-state index in [1.54, 1.807) is 42.5 Å². The normalized spacial score (nSPS) is 15.6. The Labute approximate surface area is 147 Å². The molecule has 0 fully saturated rings. The zero-order valence-corrected chi connectivity index (χ0v) is 13.6. The quantitative estimate of drug-likeness (QED) is 0.774. The van der Waals surface area contributed by atoms with E-state index >= 15 is 0 Å². The molecule has 1 atom stereocenters. The van der Waals surface area contributed by atoms with Gasteiger partial charge in [0, 0.05) is 10.6 Å². The van der Waals surface area contributed by atoms with E-state index in [4.69, 9.17) is 25.5 Å². The van der Waals surface area contributed by atoms with E-state index in [1.165, 1.54) is 0 Å². The third kappa shape index (κ3) is 3.27. The fourth-order valence-electron chi connectivity index (χ4n) is 2.32. The molecule has 0 bridgehead atoms. The van der Waals surface area contributed by atoms with Gasteiger partial charge >= 0.3 is 6.01 Å². The number of amides is 1. The monoisotopic (exact) mass is 357 g/mol. The molecular formula is C17H12ClN3O4. The predicted octanol–water partition coefficient (Wildman–Crippen LogP) is 3.17. The molecule has 1 aromatic heterocycles. The van der Waals surface area contributed by atoms with E-state index in [1.807, 2.05) is 6.07 Å². The Morgan fingerprint density at radius 2 is 1.84 bits per heavy atom. The van der Waals surface area contributed by atoms with E-state index < -0.39 is 12.0 Å². The minimum Gasteiger partial charge on any atom is -0.485 e. The number of anilines is 1. The molecule has 1 aliphatic rings. The van der Waals surface area contributed by atoms with E-state index in [-0.39, 0.29) is 18.5 Å². The summed E-state index contributed by atoms with van der Waals surface area (Å²) in [7, 11) is 0. The van der Waals surface area contributed by atoms with Crippen LogP contribution in [0.2, 0.25) is 5.02 Å². The molecule has 0 saturated carbocycles. The lowest BCUT2D eigenvalue weighted by atomic mass is 10.2. The summed E-state index contributed by atoms with van der Waals surface area (Å²) in [4.78, 5) is 12.3. The SMILES string of the molecule is O=C(Nc1nnc(-c2ccc(Cl)cc2)o1)C1COc2ccccc2O1. The number of aromatic nitrogens is 2. The maximum Gasteiger partial charge on any atom is 0.322 e. The van der Waals surface area contributed by atoms with Gasteiger partial charge in [-0.3, -0.25) is 10.1 Å². The van der Waals surface area contributed by atoms with Crippen LogP contribution in [0.4, 0.5) is 6.01 Å². The number of ether oxygens (including phenoxy) is 2. The first-order valence-corrected chi connectivity index (χ1v) is 7.85. The number of halogens is 1. The fourth-order valence-corrected chi connectivity index (χ4v) is 2.44. The molecule has 2 aromatic carbocycles. The summed E-state index contributed by atoms with van der Waals surface area (Å²) < 4.78 is 16.6. The third-order valence-corrected chi connectivity index (χ3v) is 3.80. The Bertz CT molecular complexity index is 910. The lowest BCUT2D eigenvalue weighted by molar-refractivity contribution is -0.125. The minimum absolute atomic E-state index is 0.0163. The number of carbonyl (C=O) groups is 1. The van der Waals surface area contributed by atoms with Gasteiger partial charge < -0.3 is 13.9 Å². The second-order valence-corrected chi connectivity index (χ2v) is 5.71. The van der Waals surface area contributed by atoms with Crippen molar-refractivity contribution in [3.63, 3.8) is 0 Å². The van der Waals surface area contributed by atoms with Crippen molar-refractivity contribution in [1.29, 1.82) is 0 Å². The highest BCUT2D eigenvalue weighted by Crippen LogP contribution is 2.31. The molecule has 25 heavy (non-hydrogen) atoms. The van der Waals surface area contributed by atoms with Gasteiger partial charge in [0.1, 0.15) is 6.61 Å². The molecule has 1 amide bonds. The van der Waals surface area contributed by atoms with Crippen molar-refractivity contribution in [2.75, 3.05) is 11.9 Å². The van der Waals surface area contributed by atoms with Gasteiger partial charge in [-0.1, -0.05) is 28.8 Å². The summed E-state index contributed by atoms with van der Waals surface area (Å²) in [5, 5.41) is 10.9. The summed E-state index contributed by atoms with van der Waals surface area (Å²) in [6, 6.07) is 14.1. The first-order chi connectivity index (χ1) is 12.2. The highest BCUT2D eigenvalue weighted by Gasteiger charge is 2.28. The Hall–Kier alpha value is -3.06. The highest BCUT2D eigenvalue weighted by atomic mass is 35.5. The van der Waals surface area contributed by atoms with Gasteiger partial charge in [0.15, 0.2) is 11.5 Å². The van der Waals surface area contributed by atoms with Crippen molar-refractivity contribution >= 4 is 23.5 Å². The van der Waals surface area contributed by atoms with Gasteiger partial charge in [0.2, 0.25) is 12.0 Å². The van der Waals surface area contributed by atoms with E-state index in [9.17, 15) is 4.79 Å². The van der Waals surface area contributed by atoms with Crippen molar-refractivity contribution in [2.24, 2.45) is 0 Å². The van der Waals surface area contributed by atoms with Crippen LogP contribution in [0, 0.1) is 0 Å². The van der Waals surface area contributed by atoms with Crippen molar-refractivity contribution in [1.82, 2.24) is 10.2 Å². The number of rotatable bonds is 3. The second kappa shape index (κ2) is 6.45. The molecule has 3 aromatic rings. The fraction of sp³-hybridized carbons (Fsp3) is 0.118. The molecule has 0 radical (unpaired) electrons. The molecular weight excluding hydrogens is 346 g/mol. The number of benzene rings is 2. The van der Waals surface area contributed by atoms with Crippen LogP contribution in [0.25, 0.3) is 11.5 Å². The highest BCUT2D eigenvalue weighted by molar-refractivity contribution is 6.30. The standard InChI is InChI=1S/C17H12ClN3O4/c18-11-7-5-10(6-8-11)16-20-21-17(25-16)19-15(22)14-9-23-12-3-1-2-4-13(12)24-14/h1-8,14H,9H2,(H,19,21,22). The van der Waals surface area contributed by atoms with E-state index in [2.05, 4.69) is 15.5 Å². The van der Waals surface area contributed by atoms with Gasteiger partial charge in [-0.15, -0.1) is 5.10 Å². The van der Waals surface area contributed by atoms with Crippen LogP contribution in [0.3, 0.4) is 0 Å². The van der Waals surface area contributed by atoms with Gasteiger partial charge in [0.25, 0.3) is 5.91 Å². The van der Waals surface area contributed by atoms with Crippen LogP contribution >= 0.6 is 11.6 Å². The summed E-state index contributed by atoms with van der Waals surface area (Å²) in [6.45, 7) is 0.0982. The number of fused-ring (bicyclic) bond motifs is 1. The number of carbonyl (C=O) groups excluding carboxylic acids is 1. The third-order valence-electron chi connectivity index (χ3n) is 3.55. The van der Waals surface area contributed by atoms with Crippen LogP contribution in [-0.2, 0) is 4.79 Å². The van der Waals surface area contributed by atoms with Gasteiger partial charge in [-0.2, -0.15) is 0 Å². The smallest absolute Gasteiger partial charge is 0.322 e. The van der Waals surface area contributed by atoms with Crippen LogP contribution in [0.1, 0.15) is 0 Å². The zero-order valence-electron chi connectivity index (χ0n) is 12.8. The topological polar surface area (TPSA) is 86.5 Å². The Morgan fingerprint density at radius 1 is 1.08 bits per heavy atom. The summed E-state index contributed by atoms with van der Waals surface area (Å²) in [6.07, 6.45) is -0.805. The molecule has 2 heterocycles. The maximum atomic E-state index is 12.3. The van der Waals surface area contributed by atoms with Crippen molar-refractivity contribution in [3.05, 3.63) is 53.6 Å².